The van der Waals surface area contributed by atoms with Gasteiger partial charge in [0.05, 0.1) is 5.69 Å². The number of hydrogen-bond donors (Lipinski definition) is 1. The van der Waals surface area contributed by atoms with Gasteiger partial charge in [-0.3, -0.25) is 4.79 Å². The maximum absolute atomic E-state index is 12.0. The van der Waals surface area contributed by atoms with E-state index >= 15 is 0 Å². The molecule has 1 saturated heterocycles. The van der Waals surface area contributed by atoms with E-state index in [0.29, 0.717) is 0 Å². The number of carbonyl (C=O) groups is 1. The molecule has 8 heteroatoms. The summed E-state index contributed by atoms with van der Waals surface area (Å²) < 4.78 is 23.5. The minimum atomic E-state index is -3.62. The second-order valence-corrected chi connectivity index (χ2v) is 8.09. The smallest absolute Gasteiger partial charge is 0.265 e. The van der Waals surface area contributed by atoms with E-state index in [4.69, 9.17) is 0 Å². The lowest BCUT2D eigenvalue weighted by molar-refractivity contribution is -0.120. The van der Waals surface area contributed by atoms with E-state index in [2.05, 4.69) is 10.3 Å². The van der Waals surface area contributed by atoms with Gasteiger partial charge in [0.25, 0.3) is 15.9 Å². The van der Waals surface area contributed by atoms with Crippen molar-refractivity contribution in [2.24, 2.45) is 0 Å². The van der Waals surface area contributed by atoms with Gasteiger partial charge in [0.2, 0.25) is 5.13 Å². The molecule has 1 aliphatic heterocycles. The fraction of sp³-hybridized carbons (Fsp3) is 0.636. The van der Waals surface area contributed by atoms with Crippen molar-refractivity contribution >= 4 is 32.4 Å². The molecule has 0 aliphatic carbocycles. The number of anilines is 1. The van der Waals surface area contributed by atoms with Crippen LogP contribution in [0.15, 0.2) is 5.38 Å². The van der Waals surface area contributed by atoms with Crippen LogP contribution in [-0.2, 0) is 14.8 Å². The van der Waals surface area contributed by atoms with Crippen molar-refractivity contribution in [2.75, 3.05) is 10.8 Å². The summed E-state index contributed by atoms with van der Waals surface area (Å²) >= 11 is 1.17. The van der Waals surface area contributed by atoms with Crippen molar-refractivity contribution in [3.8, 4) is 0 Å². The lowest BCUT2D eigenvalue weighted by atomic mass is 10.2. The second-order valence-electron chi connectivity index (χ2n) is 4.92. The number of rotatable bonds is 4. The molecule has 1 amide bonds. The topological polar surface area (TPSA) is 79.4 Å². The summed E-state index contributed by atoms with van der Waals surface area (Å²) in [5, 5.41) is 5.19. The molecule has 1 aromatic heterocycles. The van der Waals surface area contributed by atoms with Gasteiger partial charge in [0.1, 0.15) is 0 Å². The van der Waals surface area contributed by atoms with Crippen LogP contribution < -0.4 is 9.62 Å². The molecule has 106 valence electrons. The van der Waals surface area contributed by atoms with Crippen molar-refractivity contribution < 1.29 is 13.2 Å². The molecule has 1 aliphatic rings. The molecule has 1 fully saturated rings. The lowest BCUT2D eigenvalue weighted by Gasteiger charge is -2.41. The van der Waals surface area contributed by atoms with Crippen molar-refractivity contribution in [1.82, 2.24) is 10.3 Å². The van der Waals surface area contributed by atoms with Gasteiger partial charge in [-0.2, -0.15) is 4.31 Å². The highest BCUT2D eigenvalue weighted by Gasteiger charge is 2.61. The van der Waals surface area contributed by atoms with Gasteiger partial charge in [-0.1, -0.05) is 6.92 Å². The van der Waals surface area contributed by atoms with Gasteiger partial charge >= 0.3 is 0 Å². The molecule has 0 spiro atoms. The molecular formula is C11H17N3O3S2. The molecule has 0 saturated carbocycles. The standard InChI is InChI=1S/C11H17N3O3S2/c1-5-12-7(2)8-6-18-10(13-8)14-9(15)11(3,4)19(14,16)17/h6-7,12H,5H2,1-4H3. The maximum atomic E-state index is 12.0. The average Bonchev–Trinajstić information content (AvgIpc) is 2.78. The first-order valence-corrected chi connectivity index (χ1v) is 8.33. The van der Waals surface area contributed by atoms with Crippen LogP contribution >= 0.6 is 11.3 Å². The summed E-state index contributed by atoms with van der Waals surface area (Å²) in [5.74, 6) is -0.426. The molecule has 0 bridgehead atoms. The first-order valence-electron chi connectivity index (χ1n) is 6.01. The Kier molecular flexibility index (Phi) is 3.44. The second kappa shape index (κ2) is 4.53. The van der Waals surface area contributed by atoms with Gasteiger partial charge in [-0.05, 0) is 27.3 Å². The Bertz CT molecular complexity index is 606. The summed E-state index contributed by atoms with van der Waals surface area (Å²) in [6.45, 7) is 7.55. The number of nitrogens with one attached hydrogen (secondary N) is 1. The van der Waals surface area contributed by atoms with E-state index in [0.717, 1.165) is 16.5 Å². The molecule has 6 nitrogen and oxygen atoms in total. The lowest BCUT2D eigenvalue weighted by Crippen LogP contribution is -2.67. The number of aromatic nitrogens is 1. The van der Waals surface area contributed by atoms with E-state index in [-0.39, 0.29) is 11.2 Å². The van der Waals surface area contributed by atoms with Gasteiger partial charge in [0, 0.05) is 11.4 Å². The highest BCUT2D eigenvalue weighted by atomic mass is 32.2. The summed E-state index contributed by atoms with van der Waals surface area (Å²) in [4.78, 5) is 16.1. The highest BCUT2D eigenvalue weighted by molar-refractivity contribution is 7.98. The molecular weight excluding hydrogens is 286 g/mol. The Labute approximate surface area is 116 Å². The fourth-order valence-corrected chi connectivity index (χ4v) is 4.39. The normalized spacial score (nSPS) is 22.1. The van der Waals surface area contributed by atoms with E-state index in [1.165, 1.54) is 25.2 Å². The van der Waals surface area contributed by atoms with Gasteiger partial charge in [-0.25, -0.2) is 13.4 Å². The van der Waals surface area contributed by atoms with Crippen LogP contribution in [0, 0.1) is 0 Å². The molecule has 19 heavy (non-hydrogen) atoms. The summed E-state index contributed by atoms with van der Waals surface area (Å²) in [6.07, 6.45) is 0. The van der Waals surface area contributed by atoms with Crippen LogP contribution in [0.5, 0.6) is 0 Å². The Morgan fingerprint density at radius 1 is 1.53 bits per heavy atom. The van der Waals surface area contributed by atoms with Crippen LogP contribution in [0.3, 0.4) is 0 Å². The highest BCUT2D eigenvalue weighted by Crippen LogP contribution is 2.40. The minimum Gasteiger partial charge on any atom is -0.309 e. The van der Waals surface area contributed by atoms with E-state index < -0.39 is 20.7 Å². The summed E-state index contributed by atoms with van der Waals surface area (Å²) in [7, 11) is -3.62. The molecule has 0 radical (unpaired) electrons. The third kappa shape index (κ3) is 1.98. The van der Waals surface area contributed by atoms with Gasteiger partial charge in [0.15, 0.2) is 4.75 Å². The largest absolute Gasteiger partial charge is 0.309 e. The molecule has 2 rings (SSSR count). The zero-order valence-electron chi connectivity index (χ0n) is 11.3. The Morgan fingerprint density at radius 2 is 2.16 bits per heavy atom. The molecule has 1 atom stereocenters. The van der Waals surface area contributed by atoms with E-state index in [9.17, 15) is 13.2 Å². The van der Waals surface area contributed by atoms with Gasteiger partial charge < -0.3 is 5.32 Å². The summed E-state index contributed by atoms with van der Waals surface area (Å²) in [5.41, 5.74) is 0.745. The summed E-state index contributed by atoms with van der Waals surface area (Å²) in [6, 6.07) is 0.0297. The number of thiazole rings is 1. The molecule has 0 aromatic carbocycles. The van der Waals surface area contributed by atoms with Gasteiger partial charge in [-0.15, -0.1) is 11.3 Å². The van der Waals surface area contributed by atoms with Crippen LogP contribution in [0.1, 0.15) is 39.4 Å². The molecule has 1 unspecified atom stereocenters. The number of sulfonamides is 1. The predicted molar refractivity (Wildman–Crippen MR) is 74.7 cm³/mol. The number of amides is 1. The van der Waals surface area contributed by atoms with Crippen LogP contribution in [0.4, 0.5) is 5.13 Å². The third-order valence-electron chi connectivity index (χ3n) is 3.22. The predicted octanol–water partition coefficient (Wildman–Crippen LogP) is 1.27. The van der Waals surface area contributed by atoms with Crippen molar-refractivity contribution in [1.29, 1.82) is 0 Å². The van der Waals surface area contributed by atoms with E-state index in [1.54, 1.807) is 5.38 Å². The monoisotopic (exact) mass is 303 g/mol. The van der Waals surface area contributed by atoms with Crippen LogP contribution in [-0.4, -0.2) is 30.6 Å². The zero-order valence-corrected chi connectivity index (χ0v) is 12.9. The Balaban J connectivity index is 2.28. The average molecular weight is 303 g/mol. The quantitative estimate of drug-likeness (QED) is 0.906. The third-order valence-corrected chi connectivity index (χ3v) is 6.47. The Morgan fingerprint density at radius 3 is 2.68 bits per heavy atom. The van der Waals surface area contributed by atoms with Crippen LogP contribution in [0.25, 0.3) is 0 Å². The molecule has 2 heterocycles. The van der Waals surface area contributed by atoms with E-state index in [1.807, 2.05) is 13.8 Å². The fourth-order valence-electron chi connectivity index (χ4n) is 1.82. The number of hydrogen-bond acceptors (Lipinski definition) is 6. The van der Waals surface area contributed by atoms with Crippen molar-refractivity contribution in [2.45, 2.75) is 38.5 Å². The Hall–Kier alpha value is -0.990. The first-order chi connectivity index (χ1) is 8.73. The molecule has 1 aromatic rings. The maximum Gasteiger partial charge on any atom is 0.265 e. The zero-order chi connectivity index (χ0) is 14.4. The number of carbonyl (C=O) groups excluding carboxylic acids is 1. The van der Waals surface area contributed by atoms with Crippen LogP contribution in [0.2, 0.25) is 0 Å². The SMILES string of the molecule is CCNC(C)c1csc(N2C(=O)C(C)(C)S2(=O)=O)n1. The van der Waals surface area contributed by atoms with Crippen molar-refractivity contribution in [3.63, 3.8) is 0 Å². The molecule has 1 N–H and O–H groups in total. The first kappa shape index (κ1) is 14.4. The van der Waals surface area contributed by atoms with Crippen molar-refractivity contribution in [3.05, 3.63) is 11.1 Å². The number of nitrogens with zero attached hydrogens (tertiary/aromatic N) is 2. The minimum absolute atomic E-state index is 0.0297.